The van der Waals surface area contributed by atoms with Gasteiger partial charge in [0.05, 0.1) is 0 Å². The number of aryl methyl sites for hydroxylation is 2. The standard InChI is InChI=1S/C21H29N3O3/c1-21(2,3)27-20(26)24(15-7-11-17-9-4-5-14-22-17)19-13-6-10-18(23-19)12-8-16-25/h4-6,9-10,13-14,25H,7-8,11-12,15-16H2,1-3H3. The molecule has 0 saturated heterocycles. The molecule has 0 bridgehead atoms. The lowest BCUT2D eigenvalue weighted by Crippen LogP contribution is -2.38. The third-order valence-corrected chi connectivity index (χ3v) is 3.81. The van der Waals surface area contributed by atoms with E-state index in [1.807, 2.05) is 57.2 Å². The lowest BCUT2D eigenvalue weighted by atomic mass is 10.2. The van der Waals surface area contributed by atoms with Gasteiger partial charge in [-0.2, -0.15) is 0 Å². The molecule has 0 unspecified atom stereocenters. The number of anilines is 1. The van der Waals surface area contributed by atoms with E-state index in [0.29, 0.717) is 25.2 Å². The number of pyridine rings is 2. The van der Waals surface area contributed by atoms with Crippen molar-refractivity contribution in [3.05, 3.63) is 54.0 Å². The van der Waals surface area contributed by atoms with Gasteiger partial charge in [0.2, 0.25) is 0 Å². The molecule has 146 valence electrons. The molecule has 0 atom stereocenters. The fourth-order valence-electron chi connectivity index (χ4n) is 2.60. The van der Waals surface area contributed by atoms with Crippen molar-refractivity contribution in [3.8, 4) is 0 Å². The maximum atomic E-state index is 12.7. The summed E-state index contributed by atoms with van der Waals surface area (Å²) in [7, 11) is 0. The average molecular weight is 371 g/mol. The van der Waals surface area contributed by atoms with Crippen LogP contribution in [0.4, 0.5) is 10.6 Å². The molecule has 2 heterocycles. The number of aliphatic hydroxyl groups is 1. The number of aliphatic hydroxyl groups excluding tert-OH is 1. The first-order valence-corrected chi connectivity index (χ1v) is 9.36. The molecule has 0 aliphatic heterocycles. The van der Waals surface area contributed by atoms with Gasteiger partial charge in [-0.1, -0.05) is 12.1 Å². The third-order valence-electron chi connectivity index (χ3n) is 3.81. The zero-order chi connectivity index (χ0) is 19.7. The molecule has 1 amide bonds. The van der Waals surface area contributed by atoms with Crippen LogP contribution in [0.15, 0.2) is 42.6 Å². The van der Waals surface area contributed by atoms with Gasteiger partial charge in [-0.25, -0.2) is 9.78 Å². The second kappa shape index (κ2) is 10.0. The van der Waals surface area contributed by atoms with Gasteiger partial charge in [0.15, 0.2) is 0 Å². The smallest absolute Gasteiger partial charge is 0.416 e. The molecule has 1 N–H and O–H groups in total. The van der Waals surface area contributed by atoms with Crippen LogP contribution in [0, 0.1) is 0 Å². The van der Waals surface area contributed by atoms with E-state index in [4.69, 9.17) is 9.84 Å². The van der Waals surface area contributed by atoms with Gasteiger partial charge in [-0.15, -0.1) is 0 Å². The summed E-state index contributed by atoms with van der Waals surface area (Å²) < 4.78 is 5.57. The highest BCUT2D eigenvalue weighted by molar-refractivity contribution is 5.86. The van der Waals surface area contributed by atoms with Crippen molar-refractivity contribution in [2.24, 2.45) is 0 Å². The molecular weight excluding hydrogens is 342 g/mol. The van der Waals surface area contributed by atoms with Crippen LogP contribution in [0.5, 0.6) is 0 Å². The Labute approximate surface area is 161 Å². The van der Waals surface area contributed by atoms with Gasteiger partial charge in [0.1, 0.15) is 11.4 Å². The number of amides is 1. The minimum absolute atomic E-state index is 0.117. The topological polar surface area (TPSA) is 75.5 Å². The quantitative estimate of drug-likeness (QED) is 0.764. The Bertz CT molecular complexity index is 714. The Morgan fingerprint density at radius 1 is 1.07 bits per heavy atom. The predicted octanol–water partition coefficient (Wildman–Crippen LogP) is 3.78. The number of carbonyl (C=O) groups is 1. The number of hydrogen-bond donors (Lipinski definition) is 1. The Balaban J connectivity index is 2.12. The van der Waals surface area contributed by atoms with Crippen molar-refractivity contribution < 1.29 is 14.6 Å². The number of ether oxygens (including phenoxy) is 1. The highest BCUT2D eigenvalue weighted by Crippen LogP contribution is 2.18. The Morgan fingerprint density at radius 2 is 1.81 bits per heavy atom. The first-order valence-electron chi connectivity index (χ1n) is 9.36. The normalized spacial score (nSPS) is 11.3. The maximum Gasteiger partial charge on any atom is 0.416 e. The highest BCUT2D eigenvalue weighted by atomic mass is 16.6. The van der Waals surface area contributed by atoms with Crippen LogP contribution in [0.3, 0.4) is 0 Å². The van der Waals surface area contributed by atoms with Gasteiger partial charge < -0.3 is 9.84 Å². The monoisotopic (exact) mass is 371 g/mol. The lowest BCUT2D eigenvalue weighted by Gasteiger charge is -2.27. The maximum absolute atomic E-state index is 12.7. The van der Waals surface area contributed by atoms with Crippen LogP contribution >= 0.6 is 0 Å². The van der Waals surface area contributed by atoms with Crippen LogP contribution in [0.2, 0.25) is 0 Å². The van der Waals surface area contributed by atoms with Crippen molar-refractivity contribution in [1.82, 2.24) is 9.97 Å². The molecule has 0 aliphatic rings. The van der Waals surface area contributed by atoms with E-state index < -0.39 is 11.7 Å². The predicted molar refractivity (Wildman–Crippen MR) is 106 cm³/mol. The van der Waals surface area contributed by atoms with Crippen molar-refractivity contribution in [1.29, 1.82) is 0 Å². The average Bonchev–Trinajstić information content (AvgIpc) is 2.63. The molecule has 0 aromatic carbocycles. The molecule has 0 saturated carbocycles. The second-order valence-electron chi connectivity index (χ2n) is 7.37. The first-order chi connectivity index (χ1) is 12.9. The third kappa shape index (κ3) is 7.35. The second-order valence-corrected chi connectivity index (χ2v) is 7.37. The van der Waals surface area contributed by atoms with Crippen molar-refractivity contribution in [3.63, 3.8) is 0 Å². The molecular formula is C21H29N3O3. The van der Waals surface area contributed by atoms with E-state index in [0.717, 1.165) is 24.2 Å². The summed E-state index contributed by atoms with van der Waals surface area (Å²) in [6, 6.07) is 11.4. The highest BCUT2D eigenvalue weighted by Gasteiger charge is 2.24. The number of rotatable bonds is 8. The summed E-state index contributed by atoms with van der Waals surface area (Å²) in [4.78, 5) is 23.2. The summed E-state index contributed by atoms with van der Waals surface area (Å²) >= 11 is 0. The number of carbonyl (C=O) groups excluding carboxylic acids is 1. The van der Waals surface area contributed by atoms with Crippen LogP contribution in [-0.4, -0.2) is 39.9 Å². The summed E-state index contributed by atoms with van der Waals surface area (Å²) in [5.41, 5.74) is 1.26. The lowest BCUT2D eigenvalue weighted by molar-refractivity contribution is 0.0578. The molecule has 2 aromatic heterocycles. The molecule has 2 rings (SSSR count). The molecule has 0 aliphatic carbocycles. The van der Waals surface area contributed by atoms with Crippen LogP contribution < -0.4 is 4.90 Å². The number of aromatic nitrogens is 2. The Kier molecular flexibility index (Phi) is 7.73. The Morgan fingerprint density at radius 3 is 2.48 bits per heavy atom. The molecule has 6 heteroatoms. The van der Waals surface area contributed by atoms with Gasteiger partial charge in [-0.05, 0) is 70.7 Å². The zero-order valence-corrected chi connectivity index (χ0v) is 16.4. The fraction of sp³-hybridized carbons (Fsp3) is 0.476. The molecule has 2 aromatic rings. The van der Waals surface area contributed by atoms with Crippen LogP contribution in [-0.2, 0) is 17.6 Å². The van der Waals surface area contributed by atoms with Crippen molar-refractivity contribution in [2.45, 2.75) is 52.1 Å². The van der Waals surface area contributed by atoms with Crippen LogP contribution in [0.1, 0.15) is 45.0 Å². The van der Waals surface area contributed by atoms with Gasteiger partial charge in [0.25, 0.3) is 0 Å². The minimum atomic E-state index is -0.579. The van der Waals surface area contributed by atoms with Gasteiger partial charge in [-0.3, -0.25) is 9.88 Å². The molecule has 0 radical (unpaired) electrons. The van der Waals surface area contributed by atoms with E-state index in [9.17, 15) is 4.79 Å². The summed E-state index contributed by atoms with van der Waals surface area (Å²) in [5.74, 6) is 0.570. The van der Waals surface area contributed by atoms with E-state index >= 15 is 0 Å². The molecule has 27 heavy (non-hydrogen) atoms. The molecule has 0 spiro atoms. The zero-order valence-electron chi connectivity index (χ0n) is 16.4. The van der Waals surface area contributed by atoms with E-state index in [2.05, 4.69) is 9.97 Å². The van der Waals surface area contributed by atoms with Crippen LogP contribution in [0.25, 0.3) is 0 Å². The number of hydrogen-bond acceptors (Lipinski definition) is 5. The van der Waals surface area contributed by atoms with E-state index in [-0.39, 0.29) is 6.61 Å². The van der Waals surface area contributed by atoms with E-state index in [1.165, 1.54) is 0 Å². The largest absolute Gasteiger partial charge is 0.443 e. The first kappa shape index (κ1) is 20.8. The van der Waals surface area contributed by atoms with Crippen molar-refractivity contribution >= 4 is 11.9 Å². The van der Waals surface area contributed by atoms with Crippen molar-refractivity contribution in [2.75, 3.05) is 18.1 Å². The van der Waals surface area contributed by atoms with Gasteiger partial charge in [0, 0.05) is 30.7 Å². The Hall–Kier alpha value is -2.47. The number of nitrogens with zero attached hydrogens (tertiary/aromatic N) is 3. The summed E-state index contributed by atoms with van der Waals surface area (Å²) in [6.45, 7) is 6.15. The summed E-state index contributed by atoms with van der Waals surface area (Å²) in [6.07, 6.45) is 4.19. The van der Waals surface area contributed by atoms with Gasteiger partial charge >= 0.3 is 6.09 Å². The minimum Gasteiger partial charge on any atom is -0.443 e. The molecule has 6 nitrogen and oxygen atoms in total. The molecule has 0 fully saturated rings. The summed E-state index contributed by atoms with van der Waals surface area (Å²) in [5, 5.41) is 9.03. The van der Waals surface area contributed by atoms with E-state index in [1.54, 1.807) is 11.1 Å². The SMILES string of the molecule is CC(C)(C)OC(=O)N(CCCc1ccccn1)c1cccc(CCCO)n1. The fourth-order valence-corrected chi connectivity index (χ4v) is 2.60.